The molecule has 0 bridgehead atoms. The molecule has 4 nitrogen and oxygen atoms in total. The molecule has 3 aliphatic rings. The fraction of sp³-hybridized carbons (Fsp3) is 0.389. The Morgan fingerprint density at radius 2 is 2.13 bits per heavy atom. The number of halogens is 1. The van der Waals surface area contributed by atoms with Crippen LogP contribution in [0.25, 0.3) is 0 Å². The van der Waals surface area contributed by atoms with E-state index in [1.165, 1.54) is 5.57 Å². The standard InChI is InChI=1S/C18H20BrN3O/c1-12-3-2-4-14-17(12)23-16-6-5-13(19)11-15(16)21-18(14)22-9-7-20-8-10-22/h2-6,11,14,17,20H,7-10H2,1H3. The summed E-state index contributed by atoms with van der Waals surface area (Å²) in [6, 6.07) is 6.06. The van der Waals surface area contributed by atoms with Crippen LogP contribution in [0.3, 0.4) is 0 Å². The van der Waals surface area contributed by atoms with Crippen LogP contribution in [0.5, 0.6) is 5.75 Å². The summed E-state index contributed by atoms with van der Waals surface area (Å²) in [5, 5.41) is 3.41. The van der Waals surface area contributed by atoms with E-state index in [1.54, 1.807) is 0 Å². The predicted molar refractivity (Wildman–Crippen MR) is 96.5 cm³/mol. The fourth-order valence-electron chi connectivity index (χ4n) is 3.38. The molecule has 2 heterocycles. The van der Waals surface area contributed by atoms with Crippen LogP contribution < -0.4 is 10.1 Å². The zero-order chi connectivity index (χ0) is 15.8. The van der Waals surface area contributed by atoms with Crippen molar-refractivity contribution in [3.8, 4) is 5.75 Å². The Bertz CT molecular complexity index is 704. The summed E-state index contributed by atoms with van der Waals surface area (Å²) < 4.78 is 7.38. The molecule has 0 saturated carbocycles. The molecule has 0 spiro atoms. The third-order valence-electron chi connectivity index (χ3n) is 4.60. The van der Waals surface area contributed by atoms with Crippen molar-refractivity contribution >= 4 is 27.5 Å². The van der Waals surface area contributed by atoms with Gasteiger partial charge in [0.05, 0.1) is 5.92 Å². The first-order chi connectivity index (χ1) is 11.2. The number of ether oxygens (including phenoxy) is 1. The van der Waals surface area contributed by atoms with Gasteiger partial charge in [-0.05, 0) is 30.7 Å². The van der Waals surface area contributed by atoms with Crippen LogP contribution in [0.15, 0.2) is 51.5 Å². The maximum atomic E-state index is 6.35. The van der Waals surface area contributed by atoms with Crippen molar-refractivity contribution in [3.63, 3.8) is 0 Å². The second-order valence-corrected chi connectivity index (χ2v) is 7.09. The van der Waals surface area contributed by atoms with E-state index in [1.807, 2.05) is 18.2 Å². The lowest BCUT2D eigenvalue weighted by molar-refractivity contribution is 0.210. The first kappa shape index (κ1) is 15.0. The van der Waals surface area contributed by atoms with Crippen molar-refractivity contribution in [2.45, 2.75) is 13.0 Å². The lowest BCUT2D eigenvalue weighted by atomic mass is 9.90. The van der Waals surface area contributed by atoms with Crippen LogP contribution >= 0.6 is 15.9 Å². The number of nitrogens with zero attached hydrogens (tertiary/aromatic N) is 2. The first-order valence-corrected chi connectivity index (χ1v) is 8.87. The summed E-state index contributed by atoms with van der Waals surface area (Å²) in [5.74, 6) is 2.15. The minimum absolute atomic E-state index is 0.0241. The molecule has 0 aromatic heterocycles. The number of rotatable bonds is 0. The molecule has 2 aliphatic heterocycles. The molecule has 2 unspecified atom stereocenters. The highest BCUT2D eigenvalue weighted by molar-refractivity contribution is 9.10. The van der Waals surface area contributed by atoms with Gasteiger partial charge in [-0.2, -0.15) is 0 Å². The summed E-state index contributed by atoms with van der Waals surface area (Å²) in [6.45, 7) is 6.12. The molecular weight excluding hydrogens is 354 g/mol. The van der Waals surface area contributed by atoms with E-state index in [2.05, 4.69) is 51.3 Å². The van der Waals surface area contributed by atoms with Gasteiger partial charge in [-0.15, -0.1) is 0 Å². The Morgan fingerprint density at radius 3 is 2.96 bits per heavy atom. The fourth-order valence-corrected chi connectivity index (χ4v) is 3.73. The quantitative estimate of drug-likeness (QED) is 0.757. The third-order valence-corrected chi connectivity index (χ3v) is 5.09. The molecule has 1 aromatic rings. The van der Waals surface area contributed by atoms with Crippen molar-refractivity contribution in [1.82, 2.24) is 10.2 Å². The Morgan fingerprint density at radius 1 is 1.30 bits per heavy atom. The zero-order valence-corrected chi connectivity index (χ0v) is 14.7. The van der Waals surface area contributed by atoms with Gasteiger partial charge in [-0.25, -0.2) is 4.99 Å². The van der Waals surface area contributed by atoms with Gasteiger partial charge in [-0.3, -0.25) is 0 Å². The Hall–Kier alpha value is -1.59. The Balaban J connectivity index is 1.81. The van der Waals surface area contributed by atoms with Gasteiger partial charge < -0.3 is 15.0 Å². The summed E-state index contributed by atoms with van der Waals surface area (Å²) in [7, 11) is 0. The number of piperazine rings is 1. The molecule has 2 atom stereocenters. The Labute approximate surface area is 145 Å². The van der Waals surface area contributed by atoms with E-state index in [0.29, 0.717) is 0 Å². The van der Waals surface area contributed by atoms with Gasteiger partial charge in [-0.1, -0.05) is 34.2 Å². The summed E-state index contributed by atoms with van der Waals surface area (Å²) in [6.07, 6.45) is 6.51. The van der Waals surface area contributed by atoms with Crippen molar-refractivity contribution in [1.29, 1.82) is 0 Å². The van der Waals surface area contributed by atoms with Crippen LogP contribution in [0.1, 0.15) is 6.92 Å². The van der Waals surface area contributed by atoms with E-state index < -0.39 is 0 Å². The molecule has 0 radical (unpaired) electrons. The topological polar surface area (TPSA) is 36.9 Å². The average Bonchev–Trinajstić information content (AvgIpc) is 2.73. The van der Waals surface area contributed by atoms with Crippen LogP contribution in [-0.2, 0) is 0 Å². The maximum Gasteiger partial charge on any atom is 0.146 e. The monoisotopic (exact) mass is 373 g/mol. The van der Waals surface area contributed by atoms with Crippen molar-refractivity contribution in [3.05, 3.63) is 46.5 Å². The van der Waals surface area contributed by atoms with Crippen LogP contribution in [0.2, 0.25) is 0 Å². The average molecular weight is 374 g/mol. The van der Waals surface area contributed by atoms with E-state index in [-0.39, 0.29) is 12.0 Å². The van der Waals surface area contributed by atoms with E-state index in [9.17, 15) is 0 Å². The molecule has 1 N–H and O–H groups in total. The van der Waals surface area contributed by atoms with Gasteiger partial charge in [0, 0.05) is 30.7 Å². The van der Waals surface area contributed by atoms with Crippen molar-refractivity contribution in [2.24, 2.45) is 10.9 Å². The number of hydrogen-bond acceptors (Lipinski definition) is 4. The van der Waals surface area contributed by atoms with Gasteiger partial charge >= 0.3 is 0 Å². The second-order valence-electron chi connectivity index (χ2n) is 6.18. The number of fused-ring (bicyclic) bond motifs is 2. The first-order valence-electron chi connectivity index (χ1n) is 8.08. The number of nitrogens with one attached hydrogen (secondary N) is 1. The lowest BCUT2D eigenvalue weighted by Crippen LogP contribution is -2.50. The third kappa shape index (κ3) is 2.83. The second kappa shape index (κ2) is 6.13. The highest BCUT2D eigenvalue weighted by atomic mass is 79.9. The highest BCUT2D eigenvalue weighted by Crippen LogP contribution is 2.39. The SMILES string of the molecule is CC1=CC=CC2C(N3CCNCC3)=Nc3cc(Br)ccc3OC12. The number of allylic oxidation sites excluding steroid dienone is 2. The number of benzene rings is 1. The molecule has 23 heavy (non-hydrogen) atoms. The van der Waals surface area contributed by atoms with Gasteiger partial charge in [0.2, 0.25) is 0 Å². The summed E-state index contributed by atoms with van der Waals surface area (Å²) in [4.78, 5) is 7.42. The molecule has 0 amide bonds. The Kier molecular flexibility index (Phi) is 3.99. The molecule has 1 fully saturated rings. The number of amidine groups is 1. The maximum absolute atomic E-state index is 6.35. The highest BCUT2D eigenvalue weighted by Gasteiger charge is 2.35. The number of hydrogen-bond donors (Lipinski definition) is 1. The zero-order valence-electron chi connectivity index (χ0n) is 13.1. The molecule has 1 aromatic carbocycles. The van der Waals surface area contributed by atoms with E-state index >= 15 is 0 Å². The summed E-state index contributed by atoms with van der Waals surface area (Å²) >= 11 is 3.55. The van der Waals surface area contributed by atoms with Crippen molar-refractivity contribution in [2.75, 3.05) is 26.2 Å². The largest absolute Gasteiger partial charge is 0.483 e. The smallest absolute Gasteiger partial charge is 0.146 e. The molecule has 120 valence electrons. The van der Waals surface area contributed by atoms with E-state index in [0.717, 1.165) is 47.9 Å². The predicted octanol–water partition coefficient (Wildman–Crippen LogP) is 3.28. The minimum Gasteiger partial charge on any atom is -0.483 e. The normalized spacial score (nSPS) is 26.4. The molecule has 1 aliphatic carbocycles. The molecule has 5 heteroatoms. The van der Waals surface area contributed by atoms with E-state index in [4.69, 9.17) is 9.73 Å². The van der Waals surface area contributed by atoms with Crippen LogP contribution in [0, 0.1) is 5.92 Å². The molecule has 4 rings (SSSR count). The van der Waals surface area contributed by atoms with Gasteiger partial charge in [0.15, 0.2) is 0 Å². The van der Waals surface area contributed by atoms with Crippen LogP contribution in [0.4, 0.5) is 5.69 Å². The minimum atomic E-state index is 0.0241. The van der Waals surface area contributed by atoms with Crippen molar-refractivity contribution < 1.29 is 4.74 Å². The number of aliphatic imine (C=N–C) groups is 1. The van der Waals surface area contributed by atoms with Crippen LogP contribution in [-0.4, -0.2) is 43.0 Å². The summed E-state index contributed by atoms with van der Waals surface area (Å²) in [5.41, 5.74) is 2.15. The lowest BCUT2D eigenvalue weighted by Gasteiger charge is -2.36. The molecule has 1 saturated heterocycles. The van der Waals surface area contributed by atoms with Gasteiger partial charge in [0.1, 0.15) is 23.4 Å². The molecular formula is C18H20BrN3O. The van der Waals surface area contributed by atoms with Gasteiger partial charge in [0.25, 0.3) is 0 Å².